The Morgan fingerprint density at radius 3 is 2.75 bits per heavy atom. The first-order valence-corrected chi connectivity index (χ1v) is 5.62. The smallest absolute Gasteiger partial charge is 0.224 e. The van der Waals surface area contributed by atoms with Crippen LogP contribution < -0.4 is 5.32 Å². The summed E-state index contributed by atoms with van der Waals surface area (Å²) in [7, 11) is 0. The summed E-state index contributed by atoms with van der Waals surface area (Å²) in [5.41, 5.74) is 1.50. The molecule has 16 heavy (non-hydrogen) atoms. The SMILES string of the molecule is CCC(C)CC(=O)Nc1ccc(O)c(C)c1. The Kier molecular flexibility index (Phi) is 4.35. The van der Waals surface area contributed by atoms with Crippen molar-refractivity contribution < 1.29 is 9.90 Å². The predicted molar refractivity (Wildman–Crippen MR) is 65.5 cm³/mol. The number of hydrogen-bond donors (Lipinski definition) is 2. The number of benzene rings is 1. The Bertz CT molecular complexity index is 374. The lowest BCUT2D eigenvalue weighted by atomic mass is 10.0. The van der Waals surface area contributed by atoms with Crippen LogP contribution in [0.2, 0.25) is 0 Å². The first-order valence-electron chi connectivity index (χ1n) is 5.62. The van der Waals surface area contributed by atoms with Crippen molar-refractivity contribution in [2.24, 2.45) is 5.92 Å². The van der Waals surface area contributed by atoms with Crippen LogP contribution in [0.3, 0.4) is 0 Å². The van der Waals surface area contributed by atoms with Crippen molar-refractivity contribution in [3.05, 3.63) is 23.8 Å². The molecule has 0 radical (unpaired) electrons. The van der Waals surface area contributed by atoms with E-state index >= 15 is 0 Å². The maximum Gasteiger partial charge on any atom is 0.224 e. The van der Waals surface area contributed by atoms with E-state index in [-0.39, 0.29) is 11.7 Å². The van der Waals surface area contributed by atoms with Gasteiger partial charge in [0.05, 0.1) is 0 Å². The lowest BCUT2D eigenvalue weighted by Crippen LogP contribution is -2.14. The van der Waals surface area contributed by atoms with Gasteiger partial charge < -0.3 is 10.4 Å². The van der Waals surface area contributed by atoms with E-state index < -0.39 is 0 Å². The molecular weight excluding hydrogens is 202 g/mol. The maximum atomic E-state index is 11.6. The number of phenolic OH excluding ortho intramolecular Hbond substituents is 1. The number of carbonyl (C=O) groups is 1. The van der Waals surface area contributed by atoms with Crippen molar-refractivity contribution in [3.8, 4) is 5.75 Å². The van der Waals surface area contributed by atoms with Crippen LogP contribution in [-0.2, 0) is 4.79 Å². The molecule has 1 atom stereocenters. The van der Waals surface area contributed by atoms with E-state index in [1.54, 1.807) is 25.1 Å². The quantitative estimate of drug-likeness (QED) is 0.768. The highest BCUT2D eigenvalue weighted by Crippen LogP contribution is 2.20. The first-order chi connectivity index (χ1) is 7.52. The third kappa shape index (κ3) is 3.57. The summed E-state index contributed by atoms with van der Waals surface area (Å²) in [4.78, 5) is 11.6. The predicted octanol–water partition coefficient (Wildman–Crippen LogP) is 3.08. The molecule has 0 bridgehead atoms. The van der Waals surface area contributed by atoms with Gasteiger partial charge in [-0.1, -0.05) is 20.3 Å². The molecule has 2 N–H and O–H groups in total. The molecule has 1 aromatic carbocycles. The molecule has 0 aromatic heterocycles. The van der Waals surface area contributed by atoms with E-state index in [2.05, 4.69) is 19.2 Å². The number of amides is 1. The number of carbonyl (C=O) groups excluding carboxylic acids is 1. The molecule has 1 rings (SSSR count). The van der Waals surface area contributed by atoms with Gasteiger partial charge in [0.25, 0.3) is 0 Å². The second kappa shape index (κ2) is 5.54. The van der Waals surface area contributed by atoms with Crippen molar-refractivity contribution in [3.63, 3.8) is 0 Å². The number of phenols is 1. The van der Waals surface area contributed by atoms with Gasteiger partial charge in [0.2, 0.25) is 5.91 Å². The number of aryl methyl sites for hydroxylation is 1. The lowest BCUT2D eigenvalue weighted by molar-refractivity contribution is -0.117. The van der Waals surface area contributed by atoms with Crippen LogP contribution in [0.1, 0.15) is 32.3 Å². The fraction of sp³-hybridized carbons (Fsp3) is 0.462. The molecule has 1 unspecified atom stereocenters. The summed E-state index contributed by atoms with van der Waals surface area (Å²) < 4.78 is 0. The van der Waals surface area contributed by atoms with E-state index in [1.165, 1.54) is 0 Å². The van der Waals surface area contributed by atoms with Gasteiger partial charge in [-0.05, 0) is 36.6 Å². The largest absolute Gasteiger partial charge is 0.508 e. The summed E-state index contributed by atoms with van der Waals surface area (Å²) in [6.07, 6.45) is 1.54. The number of rotatable bonds is 4. The Morgan fingerprint density at radius 2 is 2.19 bits per heavy atom. The minimum Gasteiger partial charge on any atom is -0.508 e. The second-order valence-electron chi connectivity index (χ2n) is 4.27. The summed E-state index contributed by atoms with van der Waals surface area (Å²) in [5, 5.41) is 12.2. The lowest BCUT2D eigenvalue weighted by Gasteiger charge is -2.10. The summed E-state index contributed by atoms with van der Waals surface area (Å²) in [6, 6.07) is 5.06. The Labute approximate surface area is 96.5 Å². The standard InChI is InChI=1S/C13H19NO2/c1-4-9(2)7-13(16)14-11-5-6-12(15)10(3)8-11/h5-6,8-9,15H,4,7H2,1-3H3,(H,14,16). The minimum atomic E-state index is 0.0273. The van der Waals surface area contributed by atoms with Crippen LogP contribution in [0.5, 0.6) is 5.75 Å². The summed E-state index contributed by atoms with van der Waals surface area (Å²) in [6.45, 7) is 5.93. The van der Waals surface area contributed by atoms with E-state index in [1.807, 2.05) is 0 Å². The fourth-order valence-electron chi connectivity index (χ4n) is 1.41. The highest BCUT2D eigenvalue weighted by molar-refractivity contribution is 5.91. The van der Waals surface area contributed by atoms with Gasteiger partial charge >= 0.3 is 0 Å². The number of hydrogen-bond acceptors (Lipinski definition) is 2. The van der Waals surface area contributed by atoms with Crippen LogP contribution in [0, 0.1) is 12.8 Å². The highest BCUT2D eigenvalue weighted by Gasteiger charge is 2.08. The molecular formula is C13H19NO2. The molecule has 1 amide bonds. The van der Waals surface area contributed by atoms with Gasteiger partial charge in [0.15, 0.2) is 0 Å². The van der Waals surface area contributed by atoms with Crippen molar-refractivity contribution in [2.45, 2.75) is 33.6 Å². The highest BCUT2D eigenvalue weighted by atomic mass is 16.3. The van der Waals surface area contributed by atoms with E-state index in [0.29, 0.717) is 12.3 Å². The third-order valence-electron chi connectivity index (χ3n) is 2.71. The molecule has 1 aromatic rings. The molecule has 0 fully saturated rings. The molecule has 88 valence electrons. The summed E-state index contributed by atoms with van der Waals surface area (Å²) in [5.74, 6) is 0.678. The molecule has 0 saturated carbocycles. The van der Waals surface area contributed by atoms with Crippen LogP contribution >= 0.6 is 0 Å². The second-order valence-corrected chi connectivity index (χ2v) is 4.27. The van der Waals surface area contributed by atoms with E-state index in [9.17, 15) is 9.90 Å². The van der Waals surface area contributed by atoms with Gasteiger partial charge in [0, 0.05) is 12.1 Å². The Balaban J connectivity index is 2.59. The fourth-order valence-corrected chi connectivity index (χ4v) is 1.41. The zero-order valence-electron chi connectivity index (χ0n) is 10.1. The molecule has 0 saturated heterocycles. The zero-order chi connectivity index (χ0) is 12.1. The molecule has 3 heteroatoms. The van der Waals surface area contributed by atoms with E-state index in [0.717, 1.165) is 17.7 Å². The summed E-state index contributed by atoms with van der Waals surface area (Å²) >= 11 is 0. The Hall–Kier alpha value is -1.51. The topological polar surface area (TPSA) is 49.3 Å². The molecule has 0 aliphatic heterocycles. The number of nitrogens with one attached hydrogen (secondary N) is 1. The maximum absolute atomic E-state index is 11.6. The first kappa shape index (κ1) is 12.6. The molecule has 0 heterocycles. The molecule has 3 nitrogen and oxygen atoms in total. The minimum absolute atomic E-state index is 0.0273. The average Bonchev–Trinajstić information content (AvgIpc) is 2.23. The van der Waals surface area contributed by atoms with E-state index in [4.69, 9.17) is 0 Å². The van der Waals surface area contributed by atoms with Crippen molar-refractivity contribution in [2.75, 3.05) is 5.32 Å². The Morgan fingerprint density at radius 1 is 1.50 bits per heavy atom. The van der Waals surface area contributed by atoms with Crippen LogP contribution in [0.25, 0.3) is 0 Å². The average molecular weight is 221 g/mol. The molecule has 0 aliphatic carbocycles. The number of anilines is 1. The normalized spacial score (nSPS) is 12.2. The van der Waals surface area contributed by atoms with Gasteiger partial charge in [-0.25, -0.2) is 0 Å². The van der Waals surface area contributed by atoms with Gasteiger partial charge in [-0.3, -0.25) is 4.79 Å². The van der Waals surface area contributed by atoms with Crippen LogP contribution in [0.15, 0.2) is 18.2 Å². The molecule has 0 aliphatic rings. The third-order valence-corrected chi connectivity index (χ3v) is 2.71. The monoisotopic (exact) mass is 221 g/mol. The van der Waals surface area contributed by atoms with Gasteiger partial charge in [-0.15, -0.1) is 0 Å². The van der Waals surface area contributed by atoms with Gasteiger partial charge in [-0.2, -0.15) is 0 Å². The van der Waals surface area contributed by atoms with Crippen LogP contribution in [-0.4, -0.2) is 11.0 Å². The van der Waals surface area contributed by atoms with Gasteiger partial charge in [0.1, 0.15) is 5.75 Å². The van der Waals surface area contributed by atoms with Crippen molar-refractivity contribution in [1.29, 1.82) is 0 Å². The zero-order valence-corrected chi connectivity index (χ0v) is 10.1. The number of aromatic hydroxyl groups is 1. The van der Waals surface area contributed by atoms with Crippen molar-refractivity contribution in [1.82, 2.24) is 0 Å². The van der Waals surface area contributed by atoms with Crippen molar-refractivity contribution >= 4 is 11.6 Å². The molecule has 0 spiro atoms. The van der Waals surface area contributed by atoms with Crippen LogP contribution in [0.4, 0.5) is 5.69 Å².